The van der Waals surface area contributed by atoms with Crippen molar-refractivity contribution in [1.29, 1.82) is 0 Å². The second-order valence-electron chi connectivity index (χ2n) is 5.76. The number of hydrogen-bond acceptors (Lipinski definition) is 4. The van der Waals surface area contributed by atoms with Gasteiger partial charge in [-0.05, 0) is 30.9 Å². The third-order valence-electron chi connectivity index (χ3n) is 4.44. The van der Waals surface area contributed by atoms with Crippen molar-refractivity contribution in [2.75, 3.05) is 30.5 Å². The number of carbonyl (C=O) groups excluding carboxylic acids is 1. The molecule has 1 fully saturated rings. The van der Waals surface area contributed by atoms with Crippen LogP contribution in [0.25, 0.3) is 0 Å². The van der Waals surface area contributed by atoms with Gasteiger partial charge in [0.25, 0.3) is 0 Å². The maximum atomic E-state index is 12.9. The maximum absolute atomic E-state index is 12.9. The zero-order valence-corrected chi connectivity index (χ0v) is 13.1. The number of aliphatic hydroxyl groups excluding tert-OH is 1. The van der Waals surface area contributed by atoms with E-state index in [1.165, 1.54) is 9.21 Å². The number of para-hydroxylation sites is 1. The van der Waals surface area contributed by atoms with E-state index in [4.69, 9.17) is 5.11 Å². The molecule has 1 aromatic rings. The Kier molecular flexibility index (Phi) is 4.10. The first-order valence-corrected chi connectivity index (χ1v) is 9.02. The quantitative estimate of drug-likeness (QED) is 0.871. The van der Waals surface area contributed by atoms with Gasteiger partial charge in [0.2, 0.25) is 15.9 Å². The summed E-state index contributed by atoms with van der Waals surface area (Å²) in [5, 5.41) is 8.37. The number of benzene rings is 1. The van der Waals surface area contributed by atoms with Crippen molar-refractivity contribution >= 4 is 21.6 Å². The molecule has 1 atom stereocenters. The Morgan fingerprint density at radius 3 is 2.82 bits per heavy atom. The SMILES string of the molecule is O=C(CO)N1CCC[C@@H](S(=O)(=O)N2CCc3ccccc32)C1. The molecule has 7 heteroatoms. The van der Waals surface area contributed by atoms with E-state index in [2.05, 4.69) is 0 Å². The number of amides is 1. The van der Waals surface area contributed by atoms with Crippen LogP contribution in [0.2, 0.25) is 0 Å². The van der Waals surface area contributed by atoms with E-state index in [1.807, 2.05) is 24.3 Å². The summed E-state index contributed by atoms with van der Waals surface area (Å²) in [5.74, 6) is -0.401. The Labute approximate surface area is 130 Å². The fourth-order valence-electron chi connectivity index (χ4n) is 3.26. The van der Waals surface area contributed by atoms with Crippen molar-refractivity contribution in [3.8, 4) is 0 Å². The van der Waals surface area contributed by atoms with Gasteiger partial charge in [-0.15, -0.1) is 0 Å². The lowest BCUT2D eigenvalue weighted by Crippen LogP contribution is -2.50. The predicted octanol–water partition coefficient (Wildman–Crippen LogP) is 0.362. The molecule has 2 aliphatic heterocycles. The monoisotopic (exact) mass is 324 g/mol. The van der Waals surface area contributed by atoms with Crippen molar-refractivity contribution in [1.82, 2.24) is 4.90 Å². The number of aliphatic hydroxyl groups is 1. The van der Waals surface area contributed by atoms with Gasteiger partial charge in [0.05, 0.1) is 10.9 Å². The highest BCUT2D eigenvalue weighted by atomic mass is 32.2. The fourth-order valence-corrected chi connectivity index (χ4v) is 5.25. The number of likely N-dealkylation sites (tertiary alicyclic amines) is 1. The lowest BCUT2D eigenvalue weighted by Gasteiger charge is -2.34. The zero-order chi connectivity index (χ0) is 15.7. The molecule has 0 aliphatic carbocycles. The molecule has 0 saturated carbocycles. The Morgan fingerprint density at radius 1 is 1.27 bits per heavy atom. The minimum absolute atomic E-state index is 0.167. The van der Waals surface area contributed by atoms with Gasteiger partial charge in [-0.1, -0.05) is 18.2 Å². The van der Waals surface area contributed by atoms with Gasteiger partial charge in [0.15, 0.2) is 0 Å². The molecule has 1 amide bonds. The number of fused-ring (bicyclic) bond motifs is 1. The van der Waals surface area contributed by atoms with E-state index in [0.29, 0.717) is 25.9 Å². The van der Waals surface area contributed by atoms with Crippen LogP contribution in [-0.4, -0.2) is 55.8 Å². The van der Waals surface area contributed by atoms with Crippen molar-refractivity contribution in [3.63, 3.8) is 0 Å². The van der Waals surface area contributed by atoms with E-state index >= 15 is 0 Å². The molecule has 2 aliphatic rings. The highest BCUT2D eigenvalue weighted by Crippen LogP contribution is 2.33. The largest absolute Gasteiger partial charge is 0.387 e. The van der Waals surface area contributed by atoms with E-state index in [-0.39, 0.29) is 6.54 Å². The van der Waals surface area contributed by atoms with Crippen LogP contribution in [-0.2, 0) is 21.2 Å². The molecule has 0 unspecified atom stereocenters. The molecule has 0 aromatic heterocycles. The summed E-state index contributed by atoms with van der Waals surface area (Å²) >= 11 is 0. The third kappa shape index (κ3) is 2.59. The molecule has 1 saturated heterocycles. The zero-order valence-electron chi connectivity index (χ0n) is 12.3. The van der Waals surface area contributed by atoms with E-state index < -0.39 is 27.8 Å². The molecule has 2 heterocycles. The van der Waals surface area contributed by atoms with Gasteiger partial charge in [-0.25, -0.2) is 8.42 Å². The van der Waals surface area contributed by atoms with Crippen molar-refractivity contribution in [3.05, 3.63) is 29.8 Å². The summed E-state index contributed by atoms with van der Waals surface area (Å²) in [4.78, 5) is 13.1. The van der Waals surface area contributed by atoms with Crippen LogP contribution in [0, 0.1) is 0 Å². The van der Waals surface area contributed by atoms with Gasteiger partial charge in [-0.2, -0.15) is 0 Å². The molecule has 0 radical (unpaired) electrons. The number of piperidine rings is 1. The van der Waals surface area contributed by atoms with Gasteiger partial charge < -0.3 is 10.0 Å². The Balaban J connectivity index is 1.83. The van der Waals surface area contributed by atoms with Gasteiger partial charge in [-0.3, -0.25) is 9.10 Å². The number of hydrogen-bond donors (Lipinski definition) is 1. The van der Waals surface area contributed by atoms with Crippen LogP contribution in [0.3, 0.4) is 0 Å². The van der Waals surface area contributed by atoms with Crippen LogP contribution < -0.4 is 4.31 Å². The number of nitrogens with zero attached hydrogens (tertiary/aromatic N) is 2. The fraction of sp³-hybridized carbons (Fsp3) is 0.533. The minimum Gasteiger partial charge on any atom is -0.387 e. The van der Waals surface area contributed by atoms with Crippen LogP contribution in [0.1, 0.15) is 18.4 Å². The van der Waals surface area contributed by atoms with Crippen molar-refractivity contribution in [2.24, 2.45) is 0 Å². The number of anilines is 1. The summed E-state index contributed by atoms with van der Waals surface area (Å²) in [6, 6.07) is 7.54. The molecule has 0 spiro atoms. The molecule has 120 valence electrons. The highest BCUT2D eigenvalue weighted by Gasteiger charge is 2.38. The van der Waals surface area contributed by atoms with Crippen molar-refractivity contribution in [2.45, 2.75) is 24.5 Å². The minimum atomic E-state index is -3.49. The Hall–Kier alpha value is -1.60. The molecule has 22 heavy (non-hydrogen) atoms. The number of sulfonamides is 1. The van der Waals surface area contributed by atoms with Crippen molar-refractivity contribution < 1.29 is 18.3 Å². The third-order valence-corrected chi connectivity index (χ3v) is 6.66. The molecule has 3 rings (SSSR count). The van der Waals surface area contributed by atoms with Crippen LogP contribution >= 0.6 is 0 Å². The van der Waals surface area contributed by atoms with Crippen LogP contribution in [0.5, 0.6) is 0 Å². The first kappa shape index (κ1) is 15.3. The first-order chi connectivity index (χ1) is 10.5. The Bertz CT molecular complexity index is 674. The molecule has 0 bridgehead atoms. The summed E-state index contributed by atoms with van der Waals surface area (Å²) in [6.45, 7) is 0.577. The lowest BCUT2D eigenvalue weighted by molar-refractivity contribution is -0.134. The lowest BCUT2D eigenvalue weighted by atomic mass is 10.1. The average Bonchev–Trinajstić information content (AvgIpc) is 2.99. The Morgan fingerprint density at radius 2 is 2.05 bits per heavy atom. The average molecular weight is 324 g/mol. The second kappa shape index (κ2) is 5.89. The molecule has 6 nitrogen and oxygen atoms in total. The molecule has 1 N–H and O–H groups in total. The van der Waals surface area contributed by atoms with E-state index in [0.717, 1.165) is 17.7 Å². The standard InChI is InChI=1S/C15H20N2O4S/c18-11-15(19)16-8-3-5-13(10-16)22(20,21)17-9-7-12-4-1-2-6-14(12)17/h1-2,4,6,13,18H,3,5,7-11H2/t13-/m1/s1. The van der Waals surface area contributed by atoms with Gasteiger partial charge in [0, 0.05) is 19.6 Å². The summed E-state index contributed by atoms with van der Waals surface area (Å²) < 4.78 is 27.4. The second-order valence-corrected chi connectivity index (χ2v) is 7.90. The molecule has 1 aromatic carbocycles. The first-order valence-electron chi connectivity index (χ1n) is 7.52. The van der Waals surface area contributed by atoms with Crippen LogP contribution in [0.4, 0.5) is 5.69 Å². The highest BCUT2D eigenvalue weighted by molar-refractivity contribution is 7.93. The van der Waals surface area contributed by atoms with Crippen LogP contribution in [0.15, 0.2) is 24.3 Å². The summed E-state index contributed by atoms with van der Waals surface area (Å²) in [7, 11) is -3.49. The normalized spacial score (nSPS) is 21.8. The number of rotatable bonds is 3. The smallest absolute Gasteiger partial charge is 0.248 e. The maximum Gasteiger partial charge on any atom is 0.248 e. The van der Waals surface area contributed by atoms with E-state index in [1.54, 1.807) is 0 Å². The van der Waals surface area contributed by atoms with Gasteiger partial charge in [0.1, 0.15) is 6.61 Å². The molecular formula is C15H20N2O4S. The predicted molar refractivity (Wildman–Crippen MR) is 83.1 cm³/mol. The topological polar surface area (TPSA) is 77.9 Å². The summed E-state index contributed by atoms with van der Waals surface area (Å²) in [5.41, 5.74) is 1.80. The number of carbonyl (C=O) groups is 1. The summed E-state index contributed by atoms with van der Waals surface area (Å²) in [6.07, 6.45) is 1.92. The van der Waals surface area contributed by atoms with Gasteiger partial charge >= 0.3 is 0 Å². The molecular weight excluding hydrogens is 304 g/mol. The van der Waals surface area contributed by atoms with E-state index in [9.17, 15) is 13.2 Å².